The zero-order valence-electron chi connectivity index (χ0n) is 21.6. The Labute approximate surface area is 215 Å². The lowest BCUT2D eigenvalue weighted by molar-refractivity contribution is 0.0955. The summed E-state index contributed by atoms with van der Waals surface area (Å²) in [5.41, 5.74) is 8.09. The fraction of sp³-hybridized carbons (Fsp3) is 0.355. The predicted octanol–water partition coefficient (Wildman–Crippen LogP) is 5.75. The average molecular weight is 483 g/mol. The number of carbonyl (C=O) groups excluding carboxylic acids is 1. The first-order chi connectivity index (χ1) is 17.6. The quantitative estimate of drug-likeness (QED) is 0.296. The van der Waals surface area contributed by atoms with Crippen molar-refractivity contribution in [2.24, 2.45) is 11.0 Å². The highest BCUT2D eigenvalue weighted by molar-refractivity contribution is 5.94. The molecular weight excluding hydrogens is 444 g/mol. The van der Waals surface area contributed by atoms with Gasteiger partial charge in [0.05, 0.1) is 6.21 Å². The van der Waals surface area contributed by atoms with Crippen LogP contribution in [0.4, 0.5) is 5.69 Å². The Morgan fingerprint density at radius 3 is 2.22 bits per heavy atom. The number of piperidine rings is 1. The first kappa shape index (κ1) is 25.6. The van der Waals surface area contributed by atoms with Crippen LogP contribution in [0.2, 0.25) is 0 Å². The molecule has 1 saturated heterocycles. The van der Waals surface area contributed by atoms with Crippen molar-refractivity contribution in [3.8, 4) is 0 Å². The van der Waals surface area contributed by atoms with Crippen LogP contribution in [0.1, 0.15) is 53.7 Å². The van der Waals surface area contributed by atoms with Crippen LogP contribution >= 0.6 is 0 Å². The van der Waals surface area contributed by atoms with Crippen molar-refractivity contribution >= 4 is 17.8 Å². The van der Waals surface area contributed by atoms with Crippen LogP contribution in [0.25, 0.3) is 0 Å². The Morgan fingerprint density at radius 2 is 1.58 bits per heavy atom. The summed E-state index contributed by atoms with van der Waals surface area (Å²) in [6, 6.07) is 26.9. The van der Waals surface area contributed by atoms with E-state index in [1.165, 1.54) is 36.1 Å². The number of anilines is 1. The van der Waals surface area contributed by atoms with Gasteiger partial charge in [-0.25, -0.2) is 5.43 Å². The zero-order chi connectivity index (χ0) is 25.2. The Morgan fingerprint density at radius 1 is 0.917 bits per heavy atom. The summed E-state index contributed by atoms with van der Waals surface area (Å²) < 4.78 is 0. The smallest absolute Gasteiger partial charge is 0.271 e. The molecule has 4 rings (SSSR count). The normalized spacial score (nSPS) is 14.7. The van der Waals surface area contributed by atoms with Crippen LogP contribution in [0, 0.1) is 5.92 Å². The number of likely N-dealkylation sites (tertiary alicyclic amines) is 1. The number of hydrogen-bond donors (Lipinski definition) is 1. The summed E-state index contributed by atoms with van der Waals surface area (Å²) in [6.45, 7) is 9.45. The zero-order valence-corrected chi connectivity index (χ0v) is 21.6. The summed E-state index contributed by atoms with van der Waals surface area (Å²) in [5.74, 6) is 0.579. The molecule has 1 amide bonds. The maximum atomic E-state index is 12.5. The van der Waals surface area contributed by atoms with E-state index in [4.69, 9.17) is 0 Å². The molecule has 0 unspecified atom stereocenters. The summed E-state index contributed by atoms with van der Waals surface area (Å²) in [4.78, 5) is 17.3. The van der Waals surface area contributed by atoms with Crippen molar-refractivity contribution in [2.45, 2.75) is 39.7 Å². The highest BCUT2D eigenvalue weighted by Gasteiger charge is 2.19. The summed E-state index contributed by atoms with van der Waals surface area (Å²) in [6.07, 6.45) is 5.35. The van der Waals surface area contributed by atoms with E-state index in [0.29, 0.717) is 5.56 Å². The van der Waals surface area contributed by atoms with Gasteiger partial charge in [0.1, 0.15) is 0 Å². The van der Waals surface area contributed by atoms with Gasteiger partial charge in [0, 0.05) is 30.9 Å². The third-order valence-corrected chi connectivity index (χ3v) is 7.10. The van der Waals surface area contributed by atoms with Crippen LogP contribution in [0.15, 0.2) is 84.0 Å². The molecule has 36 heavy (non-hydrogen) atoms. The molecule has 0 radical (unpaired) electrons. The molecule has 1 N–H and O–H groups in total. The van der Waals surface area contributed by atoms with Gasteiger partial charge >= 0.3 is 0 Å². The Bertz CT molecular complexity index is 1100. The second-order valence-corrected chi connectivity index (χ2v) is 9.57. The largest absolute Gasteiger partial charge is 0.372 e. The molecule has 5 heteroatoms. The molecule has 1 aliphatic rings. The lowest BCUT2D eigenvalue weighted by Gasteiger charge is -2.32. The number of hydrogen-bond acceptors (Lipinski definition) is 4. The number of nitrogens with one attached hydrogen (secondary N) is 1. The summed E-state index contributed by atoms with van der Waals surface area (Å²) >= 11 is 0. The van der Waals surface area contributed by atoms with Gasteiger partial charge in [-0.3, -0.25) is 9.69 Å². The van der Waals surface area contributed by atoms with Gasteiger partial charge in [-0.15, -0.1) is 0 Å². The van der Waals surface area contributed by atoms with Gasteiger partial charge in [-0.2, -0.15) is 5.10 Å². The van der Waals surface area contributed by atoms with E-state index in [1.807, 2.05) is 24.3 Å². The number of amides is 1. The van der Waals surface area contributed by atoms with Gasteiger partial charge in [0.15, 0.2) is 0 Å². The number of nitrogens with zero attached hydrogens (tertiary/aromatic N) is 3. The molecule has 5 nitrogen and oxygen atoms in total. The molecule has 0 spiro atoms. The summed E-state index contributed by atoms with van der Waals surface area (Å²) in [7, 11) is 0. The minimum absolute atomic E-state index is 0.195. The molecule has 3 aromatic carbocycles. The minimum Gasteiger partial charge on any atom is -0.372 e. The molecule has 1 fully saturated rings. The molecule has 0 atom stereocenters. The summed E-state index contributed by atoms with van der Waals surface area (Å²) in [5, 5.41) is 4.14. The molecule has 3 aromatic rings. The third-order valence-electron chi connectivity index (χ3n) is 7.10. The van der Waals surface area contributed by atoms with E-state index in [0.717, 1.165) is 44.2 Å². The number of hydrazone groups is 1. The van der Waals surface area contributed by atoms with E-state index < -0.39 is 0 Å². The molecule has 1 heterocycles. The maximum absolute atomic E-state index is 12.5. The monoisotopic (exact) mass is 482 g/mol. The van der Waals surface area contributed by atoms with Gasteiger partial charge in [0.2, 0.25) is 0 Å². The highest BCUT2D eigenvalue weighted by Crippen LogP contribution is 2.23. The van der Waals surface area contributed by atoms with Gasteiger partial charge < -0.3 is 4.90 Å². The molecule has 0 saturated carbocycles. The molecule has 1 aliphatic heterocycles. The highest BCUT2D eigenvalue weighted by atomic mass is 16.2. The van der Waals surface area contributed by atoms with Crippen molar-refractivity contribution in [1.82, 2.24) is 10.3 Å². The maximum Gasteiger partial charge on any atom is 0.271 e. The predicted molar refractivity (Wildman–Crippen MR) is 150 cm³/mol. The minimum atomic E-state index is -0.195. The standard InChI is InChI=1S/C31H38N4O/c1-3-35(4-2)30-16-12-27(13-17-30)23-32-33-31(36)29-14-10-28(11-15-29)24-34-20-18-26(19-21-34)22-25-8-6-5-7-9-25/h5-17,23,26H,3-4,18-22,24H2,1-2H3,(H,33,36)/b32-23-. The lowest BCUT2D eigenvalue weighted by atomic mass is 9.90. The fourth-order valence-corrected chi connectivity index (χ4v) is 4.91. The first-order valence-corrected chi connectivity index (χ1v) is 13.2. The number of rotatable bonds is 10. The first-order valence-electron chi connectivity index (χ1n) is 13.2. The van der Waals surface area contributed by atoms with E-state index in [2.05, 4.69) is 88.8 Å². The van der Waals surface area contributed by atoms with Crippen molar-refractivity contribution < 1.29 is 4.79 Å². The molecule has 0 aliphatic carbocycles. The fourth-order valence-electron chi connectivity index (χ4n) is 4.91. The Balaban J connectivity index is 1.21. The van der Waals surface area contributed by atoms with E-state index >= 15 is 0 Å². The van der Waals surface area contributed by atoms with Crippen LogP contribution in [0.3, 0.4) is 0 Å². The average Bonchev–Trinajstić information content (AvgIpc) is 2.92. The van der Waals surface area contributed by atoms with Crippen LogP contribution in [-0.2, 0) is 13.0 Å². The second-order valence-electron chi connectivity index (χ2n) is 9.57. The Kier molecular flexibility index (Phi) is 9.28. The lowest BCUT2D eigenvalue weighted by Crippen LogP contribution is -2.33. The van der Waals surface area contributed by atoms with Crippen molar-refractivity contribution in [1.29, 1.82) is 0 Å². The Hall–Kier alpha value is -3.44. The number of carbonyl (C=O) groups is 1. The van der Waals surface area contributed by atoms with E-state index in [9.17, 15) is 4.79 Å². The van der Waals surface area contributed by atoms with Crippen LogP contribution in [0.5, 0.6) is 0 Å². The third kappa shape index (κ3) is 7.28. The van der Waals surface area contributed by atoms with Crippen LogP contribution in [-0.4, -0.2) is 43.2 Å². The molecule has 0 aromatic heterocycles. The van der Waals surface area contributed by atoms with Crippen molar-refractivity contribution in [2.75, 3.05) is 31.1 Å². The van der Waals surface area contributed by atoms with Crippen molar-refractivity contribution in [3.05, 3.63) is 101 Å². The second kappa shape index (κ2) is 13.0. The molecule has 0 bridgehead atoms. The number of benzene rings is 3. The van der Waals surface area contributed by atoms with E-state index in [-0.39, 0.29) is 5.91 Å². The van der Waals surface area contributed by atoms with Gasteiger partial charge in [0.25, 0.3) is 5.91 Å². The van der Waals surface area contributed by atoms with E-state index in [1.54, 1.807) is 6.21 Å². The molecule has 188 valence electrons. The van der Waals surface area contributed by atoms with Gasteiger partial charge in [-0.1, -0.05) is 54.6 Å². The van der Waals surface area contributed by atoms with Crippen LogP contribution < -0.4 is 10.3 Å². The molecular formula is C31H38N4O. The SMILES string of the molecule is CCN(CC)c1ccc(/C=N\NC(=O)c2ccc(CN3CCC(Cc4ccccc4)CC3)cc2)cc1. The van der Waals surface area contributed by atoms with Gasteiger partial charge in [-0.05, 0) is 93.1 Å². The topological polar surface area (TPSA) is 47.9 Å². The van der Waals surface area contributed by atoms with Crippen molar-refractivity contribution in [3.63, 3.8) is 0 Å².